The zero-order valence-corrected chi connectivity index (χ0v) is 14.2. The lowest BCUT2D eigenvalue weighted by atomic mass is 9.57. The van der Waals surface area contributed by atoms with E-state index in [1.54, 1.807) is 29.2 Å². The molecule has 2 aromatic rings. The highest BCUT2D eigenvalue weighted by Gasteiger charge is 2.59. The van der Waals surface area contributed by atoms with Crippen LogP contribution in [-0.2, 0) is 4.74 Å². The van der Waals surface area contributed by atoms with E-state index < -0.39 is 5.82 Å². The molecule has 2 heterocycles. The summed E-state index contributed by atoms with van der Waals surface area (Å²) in [5, 5.41) is 9.95. The van der Waals surface area contributed by atoms with Crippen molar-refractivity contribution in [2.75, 3.05) is 11.9 Å². The maximum atomic E-state index is 13.7. The molecule has 4 rings (SSSR count). The van der Waals surface area contributed by atoms with Gasteiger partial charge in [-0.2, -0.15) is 5.10 Å². The van der Waals surface area contributed by atoms with Crippen LogP contribution in [0.1, 0.15) is 20.3 Å². The summed E-state index contributed by atoms with van der Waals surface area (Å²) in [7, 11) is 0. The molecule has 1 aliphatic carbocycles. The minimum Gasteiger partial charge on any atom is -0.377 e. The van der Waals surface area contributed by atoms with Crippen LogP contribution >= 0.6 is 0 Å². The Hall–Kier alpha value is -2.41. The van der Waals surface area contributed by atoms with Crippen molar-refractivity contribution in [3.05, 3.63) is 42.5 Å². The zero-order valence-electron chi connectivity index (χ0n) is 14.2. The van der Waals surface area contributed by atoms with Crippen molar-refractivity contribution >= 4 is 11.7 Å². The molecular formula is C18H21FN4O2. The second kappa shape index (κ2) is 5.84. The van der Waals surface area contributed by atoms with Gasteiger partial charge in [-0.1, -0.05) is 13.8 Å². The van der Waals surface area contributed by atoms with Crippen molar-refractivity contribution in [3.8, 4) is 5.69 Å². The molecule has 2 fully saturated rings. The van der Waals surface area contributed by atoms with Crippen molar-refractivity contribution in [2.24, 2.45) is 11.3 Å². The van der Waals surface area contributed by atoms with Crippen LogP contribution in [0.2, 0.25) is 0 Å². The first kappa shape index (κ1) is 16.1. The highest BCUT2D eigenvalue weighted by Crippen LogP contribution is 2.52. The van der Waals surface area contributed by atoms with E-state index in [2.05, 4.69) is 29.6 Å². The molecule has 2 aliphatic rings. The van der Waals surface area contributed by atoms with Crippen LogP contribution in [0.4, 0.5) is 14.9 Å². The van der Waals surface area contributed by atoms with Crippen molar-refractivity contribution in [2.45, 2.75) is 32.4 Å². The lowest BCUT2D eigenvalue weighted by Crippen LogP contribution is -2.67. The first-order valence-electron chi connectivity index (χ1n) is 8.45. The Morgan fingerprint density at radius 3 is 3.04 bits per heavy atom. The topological polar surface area (TPSA) is 68.2 Å². The van der Waals surface area contributed by atoms with E-state index in [0.29, 0.717) is 17.3 Å². The molecule has 0 unspecified atom stereocenters. The number of rotatable bonds is 3. The van der Waals surface area contributed by atoms with Crippen molar-refractivity contribution in [1.82, 2.24) is 15.1 Å². The first-order valence-corrected chi connectivity index (χ1v) is 8.45. The number of fused-ring (bicyclic) bond motifs is 1. The van der Waals surface area contributed by atoms with Gasteiger partial charge in [0.05, 0.1) is 17.5 Å². The molecule has 1 aromatic heterocycles. The number of ether oxygens (including phenoxy) is 1. The molecule has 0 spiro atoms. The molecule has 0 radical (unpaired) electrons. The summed E-state index contributed by atoms with van der Waals surface area (Å²) in [6, 6.07) is 5.69. The number of carbonyl (C=O) groups is 1. The number of aromatic nitrogens is 2. The Morgan fingerprint density at radius 2 is 2.28 bits per heavy atom. The minimum atomic E-state index is -0.417. The van der Waals surface area contributed by atoms with Gasteiger partial charge in [-0.25, -0.2) is 13.9 Å². The fourth-order valence-electron chi connectivity index (χ4n) is 4.14. The maximum absolute atomic E-state index is 13.7. The van der Waals surface area contributed by atoms with Crippen molar-refractivity contribution < 1.29 is 13.9 Å². The quantitative estimate of drug-likeness (QED) is 0.899. The molecule has 1 aromatic carbocycles. The summed E-state index contributed by atoms with van der Waals surface area (Å²) >= 11 is 0. The SMILES string of the molecule is CC1(C)[C@H](NC(=O)Nc2cc(F)ccc2-n2cccn2)[C@H]2CCO[C@H]21. The van der Waals surface area contributed by atoms with E-state index in [9.17, 15) is 9.18 Å². The van der Waals surface area contributed by atoms with E-state index in [1.165, 1.54) is 12.1 Å². The predicted molar refractivity (Wildman–Crippen MR) is 91.1 cm³/mol. The van der Waals surface area contributed by atoms with E-state index in [1.807, 2.05) is 0 Å². The fourth-order valence-corrected chi connectivity index (χ4v) is 4.14. The Balaban J connectivity index is 1.51. The summed E-state index contributed by atoms with van der Waals surface area (Å²) < 4.78 is 21.0. The normalized spacial score (nSPS) is 26.6. The van der Waals surface area contributed by atoms with Crippen molar-refractivity contribution in [1.29, 1.82) is 0 Å². The Kier molecular flexibility index (Phi) is 3.76. The van der Waals surface area contributed by atoms with Crippen LogP contribution in [0, 0.1) is 17.2 Å². The Labute approximate surface area is 145 Å². The Morgan fingerprint density at radius 1 is 1.44 bits per heavy atom. The average molecular weight is 344 g/mol. The lowest BCUT2D eigenvalue weighted by molar-refractivity contribution is -0.107. The molecule has 6 nitrogen and oxygen atoms in total. The number of urea groups is 1. The molecular weight excluding hydrogens is 323 g/mol. The number of hydrogen-bond acceptors (Lipinski definition) is 3. The third kappa shape index (κ3) is 2.68. The molecule has 2 N–H and O–H groups in total. The summed E-state index contributed by atoms with van der Waals surface area (Å²) in [5.74, 6) is -0.0710. The number of anilines is 1. The highest BCUT2D eigenvalue weighted by atomic mass is 19.1. The predicted octanol–water partition coefficient (Wildman–Crippen LogP) is 2.95. The zero-order chi connectivity index (χ0) is 17.6. The van der Waals surface area contributed by atoms with Gasteiger partial charge in [0.25, 0.3) is 0 Å². The lowest BCUT2D eigenvalue weighted by Gasteiger charge is -2.54. The molecule has 3 atom stereocenters. The van der Waals surface area contributed by atoms with E-state index in [0.717, 1.165) is 13.0 Å². The number of amides is 2. The molecule has 1 aliphatic heterocycles. The van der Waals surface area contributed by atoms with Crippen LogP contribution in [0.15, 0.2) is 36.7 Å². The Bertz CT molecular complexity index is 790. The third-order valence-electron chi connectivity index (χ3n) is 5.35. The van der Waals surface area contributed by atoms with Crippen molar-refractivity contribution in [3.63, 3.8) is 0 Å². The van der Waals surface area contributed by atoms with Gasteiger partial charge in [0, 0.05) is 36.4 Å². The summed E-state index contributed by atoms with van der Waals surface area (Å²) in [4.78, 5) is 12.5. The van der Waals surface area contributed by atoms with E-state index >= 15 is 0 Å². The first-order chi connectivity index (χ1) is 12.0. The minimum absolute atomic E-state index is 0.0433. The van der Waals surface area contributed by atoms with Crippen LogP contribution in [0.3, 0.4) is 0 Å². The molecule has 1 saturated carbocycles. The molecule has 2 amide bonds. The number of halogens is 1. The van der Waals surface area contributed by atoms with Crippen LogP contribution in [-0.4, -0.2) is 34.6 Å². The third-order valence-corrected chi connectivity index (χ3v) is 5.35. The van der Waals surface area contributed by atoms with Gasteiger partial charge in [0.2, 0.25) is 0 Å². The standard InChI is InChI=1S/C18H21FN4O2/c1-18(2)15(12-6-9-25-16(12)18)22-17(24)21-13-10-11(19)4-5-14(13)23-8-3-7-20-23/h3-5,7-8,10,12,15-16H,6,9H2,1-2H3,(H2,21,22,24)/t12-,15-,16-/m1/s1. The van der Waals surface area contributed by atoms with Gasteiger partial charge in [-0.05, 0) is 30.7 Å². The smallest absolute Gasteiger partial charge is 0.319 e. The van der Waals surface area contributed by atoms with Gasteiger partial charge in [-0.3, -0.25) is 0 Å². The number of benzene rings is 1. The fraction of sp³-hybridized carbons (Fsp3) is 0.444. The highest BCUT2D eigenvalue weighted by molar-refractivity contribution is 5.91. The molecule has 1 saturated heterocycles. The van der Waals surface area contributed by atoms with Gasteiger partial charge in [0.15, 0.2) is 0 Å². The van der Waals surface area contributed by atoms with Crippen LogP contribution in [0.25, 0.3) is 5.69 Å². The second-order valence-electron chi connectivity index (χ2n) is 7.25. The van der Waals surface area contributed by atoms with E-state index in [-0.39, 0.29) is 23.6 Å². The van der Waals surface area contributed by atoms with Crippen LogP contribution < -0.4 is 10.6 Å². The molecule has 7 heteroatoms. The van der Waals surface area contributed by atoms with Crippen LogP contribution in [0.5, 0.6) is 0 Å². The molecule has 25 heavy (non-hydrogen) atoms. The van der Waals surface area contributed by atoms with Gasteiger partial charge in [0.1, 0.15) is 5.82 Å². The summed E-state index contributed by atoms with van der Waals surface area (Å²) in [5.41, 5.74) is 0.875. The maximum Gasteiger partial charge on any atom is 0.319 e. The monoisotopic (exact) mass is 344 g/mol. The molecule has 132 valence electrons. The summed E-state index contributed by atoms with van der Waals surface area (Å²) in [6.45, 7) is 4.94. The summed E-state index contributed by atoms with van der Waals surface area (Å²) in [6.07, 6.45) is 4.53. The van der Waals surface area contributed by atoms with E-state index in [4.69, 9.17) is 4.74 Å². The van der Waals surface area contributed by atoms with Gasteiger partial charge >= 0.3 is 6.03 Å². The van der Waals surface area contributed by atoms with Gasteiger partial charge < -0.3 is 15.4 Å². The average Bonchev–Trinajstić information content (AvgIpc) is 3.23. The number of carbonyl (C=O) groups excluding carboxylic acids is 1. The largest absolute Gasteiger partial charge is 0.377 e. The number of nitrogens with one attached hydrogen (secondary N) is 2. The number of nitrogens with zero attached hydrogens (tertiary/aromatic N) is 2. The second-order valence-corrected chi connectivity index (χ2v) is 7.25. The van der Waals surface area contributed by atoms with Gasteiger partial charge in [-0.15, -0.1) is 0 Å². The number of hydrogen-bond donors (Lipinski definition) is 2. The molecule has 0 bridgehead atoms.